The molecule has 1 aliphatic heterocycles. The molecule has 0 saturated carbocycles. The minimum atomic E-state index is 0.908. The number of rotatable bonds is 2. The number of nitrogens with one attached hydrogen (secondary N) is 1. The first kappa shape index (κ1) is 9.84. The van der Waals surface area contributed by atoms with Gasteiger partial charge in [0.05, 0.1) is 17.0 Å². The number of aromatic amines is 1. The van der Waals surface area contributed by atoms with Crippen LogP contribution in [0.15, 0.2) is 53.6 Å². The molecule has 0 fully saturated rings. The Bertz CT molecular complexity index is 598. The number of imidazole rings is 1. The zero-order valence-corrected chi connectivity index (χ0v) is 9.46. The second-order valence-corrected chi connectivity index (χ2v) is 3.84. The average Bonchev–Trinajstić information content (AvgIpc) is 3.04. The fourth-order valence-corrected chi connectivity index (χ4v) is 1.91. The summed E-state index contributed by atoms with van der Waals surface area (Å²) in [6, 6.07) is 4.00. The SMILES string of the molecule is Cn1ccnc1/C(=C1\C=CC=N1)c1ccc[nH]1. The Labute approximate surface area is 99.0 Å². The van der Waals surface area contributed by atoms with E-state index in [0.29, 0.717) is 0 Å². The number of H-pyrrole nitrogens is 1. The molecule has 0 radical (unpaired) electrons. The number of hydrogen-bond donors (Lipinski definition) is 1. The molecule has 4 heteroatoms. The first-order valence-electron chi connectivity index (χ1n) is 5.43. The Morgan fingerprint density at radius 2 is 2.35 bits per heavy atom. The molecule has 0 saturated heterocycles. The van der Waals surface area contributed by atoms with E-state index in [2.05, 4.69) is 15.0 Å². The lowest BCUT2D eigenvalue weighted by Crippen LogP contribution is -2.00. The van der Waals surface area contributed by atoms with Gasteiger partial charge in [-0.3, -0.25) is 4.99 Å². The van der Waals surface area contributed by atoms with Crippen molar-refractivity contribution >= 4 is 11.8 Å². The monoisotopic (exact) mass is 224 g/mol. The van der Waals surface area contributed by atoms with Crippen LogP contribution in [-0.4, -0.2) is 20.7 Å². The molecule has 0 bridgehead atoms. The molecule has 2 aromatic rings. The molecular weight excluding hydrogens is 212 g/mol. The van der Waals surface area contributed by atoms with Crippen molar-refractivity contribution in [1.29, 1.82) is 0 Å². The zero-order chi connectivity index (χ0) is 11.7. The van der Waals surface area contributed by atoms with Gasteiger partial charge in [0, 0.05) is 31.9 Å². The molecule has 2 aromatic heterocycles. The molecule has 1 aliphatic rings. The second-order valence-electron chi connectivity index (χ2n) is 3.84. The Morgan fingerprint density at radius 1 is 1.41 bits per heavy atom. The molecule has 0 aromatic carbocycles. The molecule has 0 aliphatic carbocycles. The van der Waals surface area contributed by atoms with Crippen LogP contribution in [0, 0.1) is 0 Å². The quantitative estimate of drug-likeness (QED) is 0.834. The fourth-order valence-electron chi connectivity index (χ4n) is 1.91. The van der Waals surface area contributed by atoms with Gasteiger partial charge in [0.2, 0.25) is 0 Å². The molecule has 3 rings (SSSR count). The van der Waals surface area contributed by atoms with Crippen LogP contribution in [0.1, 0.15) is 11.5 Å². The average molecular weight is 224 g/mol. The van der Waals surface area contributed by atoms with E-state index in [1.165, 1.54) is 0 Å². The van der Waals surface area contributed by atoms with Crippen LogP contribution in [0.3, 0.4) is 0 Å². The summed E-state index contributed by atoms with van der Waals surface area (Å²) >= 11 is 0. The summed E-state index contributed by atoms with van der Waals surface area (Å²) in [6.45, 7) is 0. The number of aromatic nitrogens is 3. The van der Waals surface area contributed by atoms with E-state index in [0.717, 1.165) is 22.8 Å². The molecular formula is C13H12N4. The van der Waals surface area contributed by atoms with Crippen LogP contribution in [0.5, 0.6) is 0 Å². The summed E-state index contributed by atoms with van der Waals surface area (Å²) < 4.78 is 1.99. The third-order valence-electron chi connectivity index (χ3n) is 2.72. The highest BCUT2D eigenvalue weighted by atomic mass is 15.0. The standard InChI is InChI=1S/C13H12N4/c1-17-9-8-16-13(17)12(10-4-2-6-14-10)11-5-3-7-15-11/h2-9,14H,1H3/b12-11+. The highest BCUT2D eigenvalue weighted by molar-refractivity contribution is 5.86. The van der Waals surface area contributed by atoms with E-state index < -0.39 is 0 Å². The second kappa shape index (κ2) is 3.90. The molecule has 0 unspecified atom stereocenters. The van der Waals surface area contributed by atoms with Crippen molar-refractivity contribution < 1.29 is 0 Å². The lowest BCUT2D eigenvalue weighted by Gasteiger charge is -2.07. The zero-order valence-electron chi connectivity index (χ0n) is 9.46. The maximum atomic E-state index is 4.39. The predicted molar refractivity (Wildman–Crippen MR) is 67.7 cm³/mol. The fraction of sp³-hybridized carbons (Fsp3) is 0.0769. The summed E-state index contributed by atoms with van der Waals surface area (Å²) in [5, 5.41) is 0. The van der Waals surface area contributed by atoms with Gasteiger partial charge in [-0.05, 0) is 24.3 Å². The van der Waals surface area contributed by atoms with Crippen LogP contribution >= 0.6 is 0 Å². The Kier molecular flexibility index (Phi) is 2.26. The summed E-state index contributed by atoms with van der Waals surface area (Å²) in [6.07, 6.45) is 11.3. The van der Waals surface area contributed by atoms with Gasteiger partial charge < -0.3 is 9.55 Å². The van der Waals surface area contributed by atoms with Gasteiger partial charge in [-0.1, -0.05) is 0 Å². The van der Waals surface area contributed by atoms with Crippen LogP contribution in [-0.2, 0) is 7.05 Å². The third kappa shape index (κ3) is 1.63. The van der Waals surface area contributed by atoms with Gasteiger partial charge in [-0.25, -0.2) is 4.98 Å². The summed E-state index contributed by atoms with van der Waals surface area (Å²) in [7, 11) is 1.98. The van der Waals surface area contributed by atoms with Crippen molar-refractivity contribution in [3.8, 4) is 0 Å². The number of hydrogen-bond acceptors (Lipinski definition) is 2. The predicted octanol–water partition coefficient (Wildman–Crippen LogP) is 2.15. The van der Waals surface area contributed by atoms with Crippen molar-refractivity contribution in [2.75, 3.05) is 0 Å². The van der Waals surface area contributed by atoms with Gasteiger partial charge in [0.25, 0.3) is 0 Å². The summed E-state index contributed by atoms with van der Waals surface area (Å²) in [5.41, 5.74) is 2.98. The topological polar surface area (TPSA) is 46.0 Å². The third-order valence-corrected chi connectivity index (χ3v) is 2.72. The van der Waals surface area contributed by atoms with Crippen molar-refractivity contribution in [2.45, 2.75) is 0 Å². The minimum absolute atomic E-state index is 0.908. The number of aliphatic imine (C=N–C) groups is 1. The van der Waals surface area contributed by atoms with Crippen molar-refractivity contribution in [1.82, 2.24) is 14.5 Å². The number of allylic oxidation sites excluding steroid dienone is 2. The van der Waals surface area contributed by atoms with E-state index in [4.69, 9.17) is 0 Å². The van der Waals surface area contributed by atoms with Crippen LogP contribution in [0.4, 0.5) is 0 Å². The summed E-state index contributed by atoms with van der Waals surface area (Å²) in [4.78, 5) is 12.0. The molecule has 17 heavy (non-hydrogen) atoms. The van der Waals surface area contributed by atoms with Gasteiger partial charge in [-0.15, -0.1) is 0 Å². The minimum Gasteiger partial charge on any atom is -0.361 e. The molecule has 0 spiro atoms. The van der Waals surface area contributed by atoms with E-state index in [1.54, 1.807) is 12.4 Å². The Morgan fingerprint density at radius 3 is 2.94 bits per heavy atom. The van der Waals surface area contributed by atoms with Gasteiger partial charge in [0.15, 0.2) is 0 Å². The van der Waals surface area contributed by atoms with Crippen LogP contribution in [0.2, 0.25) is 0 Å². The van der Waals surface area contributed by atoms with E-state index in [-0.39, 0.29) is 0 Å². The largest absolute Gasteiger partial charge is 0.361 e. The highest BCUT2D eigenvalue weighted by Gasteiger charge is 2.15. The Balaban J connectivity index is 2.24. The molecule has 84 valence electrons. The highest BCUT2D eigenvalue weighted by Crippen LogP contribution is 2.26. The van der Waals surface area contributed by atoms with Crippen molar-refractivity contribution in [3.63, 3.8) is 0 Å². The van der Waals surface area contributed by atoms with E-state index >= 15 is 0 Å². The molecule has 1 N–H and O–H groups in total. The number of nitrogens with zero attached hydrogens (tertiary/aromatic N) is 3. The van der Waals surface area contributed by atoms with Crippen molar-refractivity contribution in [2.24, 2.45) is 12.0 Å². The smallest absolute Gasteiger partial charge is 0.143 e. The van der Waals surface area contributed by atoms with Crippen LogP contribution in [0.25, 0.3) is 5.57 Å². The normalized spacial score (nSPS) is 16.8. The molecule has 0 atom stereocenters. The van der Waals surface area contributed by atoms with Gasteiger partial charge >= 0.3 is 0 Å². The number of aryl methyl sites for hydroxylation is 1. The molecule has 4 nitrogen and oxygen atoms in total. The van der Waals surface area contributed by atoms with Crippen LogP contribution < -0.4 is 0 Å². The molecule has 3 heterocycles. The van der Waals surface area contributed by atoms with Crippen molar-refractivity contribution in [3.05, 3.63) is 60.1 Å². The summed E-state index contributed by atoms with van der Waals surface area (Å²) in [5.74, 6) is 0.908. The first-order chi connectivity index (χ1) is 8.36. The maximum absolute atomic E-state index is 4.39. The lowest BCUT2D eigenvalue weighted by molar-refractivity contribution is 0.888. The van der Waals surface area contributed by atoms with E-state index in [9.17, 15) is 0 Å². The van der Waals surface area contributed by atoms with Gasteiger partial charge in [-0.2, -0.15) is 0 Å². The first-order valence-corrected chi connectivity index (χ1v) is 5.43. The Hall–Kier alpha value is -2.36. The lowest BCUT2D eigenvalue weighted by atomic mass is 10.1. The maximum Gasteiger partial charge on any atom is 0.143 e. The van der Waals surface area contributed by atoms with E-state index in [1.807, 2.05) is 48.3 Å². The van der Waals surface area contributed by atoms with Gasteiger partial charge in [0.1, 0.15) is 5.82 Å². The molecule has 0 amide bonds.